The number of anilines is 1. The topological polar surface area (TPSA) is 46.8 Å². The Kier molecular flexibility index (Phi) is 3.42. The lowest BCUT2D eigenvalue weighted by Gasteiger charge is -2.40. The zero-order chi connectivity index (χ0) is 14.1. The van der Waals surface area contributed by atoms with Gasteiger partial charge in [-0.05, 0) is 6.92 Å². The predicted molar refractivity (Wildman–Crippen MR) is 78.8 cm³/mol. The number of aryl methyl sites for hydroxylation is 1. The van der Waals surface area contributed by atoms with Crippen molar-refractivity contribution in [1.82, 2.24) is 19.5 Å². The molecule has 1 saturated heterocycles. The molecule has 1 aliphatic rings. The van der Waals surface area contributed by atoms with Gasteiger partial charge in [0, 0.05) is 50.1 Å². The summed E-state index contributed by atoms with van der Waals surface area (Å²) in [7, 11) is 0. The second-order valence-electron chi connectivity index (χ2n) is 5.88. The van der Waals surface area contributed by atoms with Gasteiger partial charge in [0.25, 0.3) is 0 Å². The van der Waals surface area contributed by atoms with E-state index in [1.807, 2.05) is 19.3 Å². The molecule has 0 saturated carbocycles. The van der Waals surface area contributed by atoms with Gasteiger partial charge in [-0.3, -0.25) is 4.98 Å². The highest BCUT2D eigenvalue weighted by molar-refractivity contribution is 5.39. The molecule has 0 bridgehead atoms. The van der Waals surface area contributed by atoms with E-state index >= 15 is 0 Å². The van der Waals surface area contributed by atoms with Crippen LogP contribution in [0, 0.1) is 12.8 Å². The number of hydrogen-bond donors (Lipinski definition) is 0. The maximum absolute atomic E-state index is 4.52. The molecule has 2 aromatic heterocycles. The van der Waals surface area contributed by atoms with Crippen LogP contribution in [0.1, 0.15) is 31.3 Å². The maximum Gasteiger partial charge on any atom is 0.147 e. The fourth-order valence-electron chi connectivity index (χ4n) is 2.73. The second kappa shape index (κ2) is 5.23. The molecule has 1 fully saturated rings. The van der Waals surface area contributed by atoms with E-state index in [4.69, 9.17) is 0 Å². The van der Waals surface area contributed by atoms with Crippen LogP contribution in [0.3, 0.4) is 0 Å². The first-order chi connectivity index (χ1) is 9.63. The number of imidazole rings is 1. The second-order valence-corrected chi connectivity index (χ2v) is 5.88. The Morgan fingerprint density at radius 3 is 2.80 bits per heavy atom. The van der Waals surface area contributed by atoms with Crippen LogP contribution < -0.4 is 4.90 Å². The SMILES string of the molecule is Cc1cncc(N2CC(Cn3ccnc3C(C)C)C2)n1. The van der Waals surface area contributed by atoms with Gasteiger partial charge in [-0.15, -0.1) is 0 Å². The quantitative estimate of drug-likeness (QED) is 0.855. The molecular weight excluding hydrogens is 250 g/mol. The Morgan fingerprint density at radius 1 is 1.30 bits per heavy atom. The Morgan fingerprint density at radius 2 is 2.10 bits per heavy atom. The molecule has 0 N–H and O–H groups in total. The summed E-state index contributed by atoms with van der Waals surface area (Å²) in [5.41, 5.74) is 0.975. The van der Waals surface area contributed by atoms with Crippen LogP contribution in [0.2, 0.25) is 0 Å². The fourth-order valence-corrected chi connectivity index (χ4v) is 2.73. The highest BCUT2D eigenvalue weighted by Gasteiger charge is 2.28. The molecule has 1 aliphatic heterocycles. The standard InChI is InChI=1S/C15H21N5/c1-11(2)15-17-4-5-19(15)8-13-9-20(10-13)14-7-16-6-12(3)18-14/h4-7,11,13H,8-10H2,1-3H3. The Labute approximate surface area is 119 Å². The summed E-state index contributed by atoms with van der Waals surface area (Å²) in [5.74, 6) is 3.32. The summed E-state index contributed by atoms with van der Waals surface area (Å²) < 4.78 is 2.29. The lowest BCUT2D eigenvalue weighted by molar-refractivity contribution is 0.348. The van der Waals surface area contributed by atoms with E-state index < -0.39 is 0 Å². The number of hydrogen-bond acceptors (Lipinski definition) is 4. The lowest BCUT2D eigenvalue weighted by atomic mass is 10.00. The Balaban J connectivity index is 1.60. The van der Waals surface area contributed by atoms with Crippen molar-refractivity contribution in [3.63, 3.8) is 0 Å². The fraction of sp³-hybridized carbons (Fsp3) is 0.533. The van der Waals surface area contributed by atoms with Crippen molar-refractivity contribution in [3.8, 4) is 0 Å². The predicted octanol–water partition coefficient (Wildman–Crippen LogP) is 2.24. The zero-order valence-electron chi connectivity index (χ0n) is 12.3. The van der Waals surface area contributed by atoms with Gasteiger partial charge in [-0.25, -0.2) is 9.97 Å². The first-order valence-corrected chi connectivity index (χ1v) is 7.18. The molecule has 5 heteroatoms. The molecule has 0 aromatic carbocycles. The molecule has 0 radical (unpaired) electrons. The molecule has 2 aromatic rings. The van der Waals surface area contributed by atoms with E-state index in [1.54, 1.807) is 6.20 Å². The highest BCUT2D eigenvalue weighted by Crippen LogP contribution is 2.24. The van der Waals surface area contributed by atoms with E-state index in [0.717, 1.165) is 31.1 Å². The van der Waals surface area contributed by atoms with Gasteiger partial charge in [0.2, 0.25) is 0 Å². The first-order valence-electron chi connectivity index (χ1n) is 7.18. The van der Waals surface area contributed by atoms with Gasteiger partial charge in [-0.2, -0.15) is 0 Å². The highest BCUT2D eigenvalue weighted by atomic mass is 15.3. The van der Waals surface area contributed by atoms with Gasteiger partial charge in [0.15, 0.2) is 0 Å². The first kappa shape index (κ1) is 13.1. The molecule has 0 spiro atoms. The van der Waals surface area contributed by atoms with Crippen LogP contribution in [0.25, 0.3) is 0 Å². The van der Waals surface area contributed by atoms with Crippen molar-refractivity contribution in [3.05, 3.63) is 36.3 Å². The molecule has 106 valence electrons. The molecular formula is C15H21N5. The molecule has 3 rings (SSSR count). The molecule has 0 atom stereocenters. The van der Waals surface area contributed by atoms with E-state index in [2.05, 4.69) is 44.5 Å². The summed E-state index contributed by atoms with van der Waals surface area (Å²) in [6, 6.07) is 0. The molecule has 5 nitrogen and oxygen atoms in total. The summed E-state index contributed by atoms with van der Waals surface area (Å²) in [5, 5.41) is 0. The smallest absolute Gasteiger partial charge is 0.147 e. The van der Waals surface area contributed by atoms with Crippen LogP contribution in [-0.2, 0) is 6.54 Å². The minimum absolute atomic E-state index is 0.476. The van der Waals surface area contributed by atoms with Crippen molar-refractivity contribution >= 4 is 5.82 Å². The van der Waals surface area contributed by atoms with Crippen molar-refractivity contribution in [1.29, 1.82) is 0 Å². The Hall–Kier alpha value is -1.91. The van der Waals surface area contributed by atoms with Crippen LogP contribution in [0.4, 0.5) is 5.82 Å². The third-order valence-corrected chi connectivity index (χ3v) is 3.74. The van der Waals surface area contributed by atoms with E-state index in [9.17, 15) is 0 Å². The molecule has 0 unspecified atom stereocenters. The van der Waals surface area contributed by atoms with Gasteiger partial charge in [-0.1, -0.05) is 13.8 Å². The number of rotatable bonds is 4. The molecule has 3 heterocycles. The van der Waals surface area contributed by atoms with Crippen LogP contribution >= 0.6 is 0 Å². The summed E-state index contributed by atoms with van der Waals surface area (Å²) in [6.07, 6.45) is 7.63. The van der Waals surface area contributed by atoms with Crippen molar-refractivity contribution in [2.45, 2.75) is 33.2 Å². The summed E-state index contributed by atoms with van der Waals surface area (Å²) in [6.45, 7) is 9.50. The van der Waals surface area contributed by atoms with E-state index in [-0.39, 0.29) is 0 Å². The maximum atomic E-state index is 4.52. The van der Waals surface area contributed by atoms with Gasteiger partial charge in [0.1, 0.15) is 11.6 Å². The van der Waals surface area contributed by atoms with E-state index in [0.29, 0.717) is 11.8 Å². The minimum Gasteiger partial charge on any atom is -0.355 e. The summed E-state index contributed by atoms with van der Waals surface area (Å²) in [4.78, 5) is 15.5. The van der Waals surface area contributed by atoms with E-state index in [1.165, 1.54) is 5.82 Å². The Bertz CT molecular complexity index is 583. The van der Waals surface area contributed by atoms with Gasteiger partial charge in [0.05, 0.1) is 11.9 Å². The third kappa shape index (κ3) is 2.53. The molecule has 0 aliphatic carbocycles. The monoisotopic (exact) mass is 271 g/mol. The number of aromatic nitrogens is 4. The summed E-state index contributed by atoms with van der Waals surface area (Å²) >= 11 is 0. The van der Waals surface area contributed by atoms with Crippen LogP contribution in [0.15, 0.2) is 24.8 Å². The van der Waals surface area contributed by atoms with Crippen LogP contribution in [-0.4, -0.2) is 32.6 Å². The third-order valence-electron chi connectivity index (χ3n) is 3.74. The molecule has 0 amide bonds. The number of nitrogens with zero attached hydrogens (tertiary/aromatic N) is 5. The normalized spacial score (nSPS) is 15.7. The largest absolute Gasteiger partial charge is 0.355 e. The van der Waals surface area contributed by atoms with Crippen molar-refractivity contribution < 1.29 is 0 Å². The average molecular weight is 271 g/mol. The van der Waals surface area contributed by atoms with Crippen molar-refractivity contribution in [2.24, 2.45) is 5.92 Å². The zero-order valence-corrected chi connectivity index (χ0v) is 12.3. The molecule has 20 heavy (non-hydrogen) atoms. The average Bonchev–Trinajstić information content (AvgIpc) is 2.81. The van der Waals surface area contributed by atoms with Crippen LogP contribution in [0.5, 0.6) is 0 Å². The lowest BCUT2D eigenvalue weighted by Crippen LogP contribution is -2.49. The minimum atomic E-state index is 0.476. The van der Waals surface area contributed by atoms with Gasteiger partial charge >= 0.3 is 0 Å². The van der Waals surface area contributed by atoms with Crippen molar-refractivity contribution in [2.75, 3.05) is 18.0 Å². The van der Waals surface area contributed by atoms with Gasteiger partial charge < -0.3 is 9.47 Å².